The molecule has 57 heavy (non-hydrogen) atoms. The fourth-order valence-electron chi connectivity index (χ4n) is 14.3. The third-order valence-electron chi connectivity index (χ3n) is 17.9. The van der Waals surface area contributed by atoms with E-state index in [0.717, 1.165) is 69.8 Å². The number of fused-ring (bicyclic) bond motifs is 7. The van der Waals surface area contributed by atoms with Gasteiger partial charge in [0.05, 0.1) is 24.5 Å². The molecule has 6 fully saturated rings. The number of carboxylic acids is 1. The normalized spacial score (nSPS) is 38.0. The van der Waals surface area contributed by atoms with E-state index >= 15 is 0 Å². The molecule has 5 saturated carbocycles. The maximum atomic E-state index is 14.3. The SMILES string of the molecule is CC(C)C1=C2[C@H]3CC[C@@H]4[C@@]5(C)CC[C@H](OC(=O)CC(C)(C)C(=O)O)C(C)(C)[C@@H]5CC[C@@]4(C)[C@]3(C)CC[C@@]2([C@@H](O)CN(CC2CC2)C(=O)CN2CCCC2=O)CC1=O. The van der Waals surface area contributed by atoms with Crippen LogP contribution in [-0.4, -0.2) is 87.9 Å². The van der Waals surface area contributed by atoms with Gasteiger partial charge in [0.2, 0.25) is 11.8 Å². The van der Waals surface area contributed by atoms with Gasteiger partial charge in [-0.05, 0) is 136 Å². The Balaban J connectivity index is 1.15. The van der Waals surface area contributed by atoms with Crippen LogP contribution in [0.25, 0.3) is 0 Å². The second kappa shape index (κ2) is 14.5. The second-order valence-corrected chi connectivity index (χ2v) is 22.2. The lowest BCUT2D eigenvalue weighted by Gasteiger charge is -2.72. The van der Waals surface area contributed by atoms with E-state index in [4.69, 9.17) is 4.74 Å². The van der Waals surface area contributed by atoms with Crippen LogP contribution in [0.1, 0.15) is 152 Å². The van der Waals surface area contributed by atoms with Gasteiger partial charge in [0.15, 0.2) is 5.78 Å². The third-order valence-corrected chi connectivity index (χ3v) is 17.9. The van der Waals surface area contributed by atoms with Crippen LogP contribution in [0.3, 0.4) is 0 Å². The van der Waals surface area contributed by atoms with Gasteiger partial charge in [0.1, 0.15) is 6.10 Å². The van der Waals surface area contributed by atoms with Crippen molar-refractivity contribution in [3.05, 3.63) is 11.1 Å². The Bertz CT molecular complexity index is 1710. The average molecular weight is 793 g/mol. The number of hydrogen-bond acceptors (Lipinski definition) is 7. The number of ether oxygens (including phenoxy) is 1. The van der Waals surface area contributed by atoms with Crippen molar-refractivity contribution in [2.45, 2.75) is 164 Å². The number of aliphatic carboxylic acids is 1. The van der Waals surface area contributed by atoms with Crippen LogP contribution >= 0.6 is 0 Å². The number of Topliss-reactive ketones (excluding diaryl/α,β-unsaturated/α-hetero) is 1. The quantitative estimate of drug-likeness (QED) is 0.193. The van der Waals surface area contributed by atoms with E-state index in [9.17, 15) is 34.2 Å². The average Bonchev–Trinajstić information content (AvgIpc) is 3.75. The highest BCUT2D eigenvalue weighted by Crippen LogP contribution is 2.77. The van der Waals surface area contributed by atoms with Crippen molar-refractivity contribution in [1.29, 1.82) is 0 Å². The fraction of sp³-hybridized carbons (Fsp3) is 0.851. The second-order valence-electron chi connectivity index (χ2n) is 22.2. The summed E-state index contributed by atoms with van der Waals surface area (Å²) in [6.07, 6.45) is 9.76. The largest absolute Gasteiger partial charge is 0.481 e. The summed E-state index contributed by atoms with van der Waals surface area (Å²) < 4.78 is 6.18. The zero-order valence-corrected chi connectivity index (χ0v) is 36.5. The summed E-state index contributed by atoms with van der Waals surface area (Å²) in [4.78, 5) is 69.1. The van der Waals surface area contributed by atoms with Gasteiger partial charge in [0, 0.05) is 43.3 Å². The lowest BCUT2D eigenvalue weighted by molar-refractivity contribution is -0.235. The fourth-order valence-corrected chi connectivity index (χ4v) is 14.3. The Morgan fingerprint density at radius 1 is 0.912 bits per heavy atom. The summed E-state index contributed by atoms with van der Waals surface area (Å²) in [6.45, 7) is 20.9. The lowest BCUT2D eigenvalue weighted by atomic mass is 9.33. The number of amides is 2. The van der Waals surface area contributed by atoms with E-state index < -0.39 is 28.9 Å². The Labute approximate surface area is 341 Å². The van der Waals surface area contributed by atoms with Crippen molar-refractivity contribution in [2.24, 2.45) is 62.1 Å². The molecule has 0 aromatic rings. The van der Waals surface area contributed by atoms with Crippen LogP contribution in [0, 0.1) is 62.1 Å². The molecule has 6 aliphatic carbocycles. The molecule has 0 bridgehead atoms. The van der Waals surface area contributed by atoms with E-state index in [1.54, 1.807) is 18.7 Å². The number of carbonyl (C=O) groups excluding carboxylic acids is 4. The zero-order chi connectivity index (χ0) is 41.7. The van der Waals surface area contributed by atoms with Crippen LogP contribution in [0.5, 0.6) is 0 Å². The molecule has 318 valence electrons. The Morgan fingerprint density at radius 3 is 2.23 bits per heavy atom. The number of nitrogens with zero attached hydrogens (tertiary/aromatic N) is 2. The first kappa shape index (κ1) is 42.4. The molecule has 0 unspecified atom stereocenters. The van der Waals surface area contributed by atoms with Crippen molar-refractivity contribution < 1.29 is 38.9 Å². The summed E-state index contributed by atoms with van der Waals surface area (Å²) in [5.41, 5.74) is -0.135. The molecular weight excluding hydrogens is 721 g/mol. The molecule has 10 heteroatoms. The van der Waals surface area contributed by atoms with E-state index in [1.165, 1.54) is 5.57 Å². The summed E-state index contributed by atoms with van der Waals surface area (Å²) in [7, 11) is 0. The highest BCUT2D eigenvalue weighted by molar-refractivity contribution is 6.01. The first-order chi connectivity index (χ1) is 26.5. The van der Waals surface area contributed by atoms with Gasteiger partial charge in [-0.15, -0.1) is 0 Å². The Hall–Kier alpha value is -2.75. The van der Waals surface area contributed by atoms with Gasteiger partial charge >= 0.3 is 11.9 Å². The number of likely N-dealkylation sites (tertiary alicyclic amines) is 1. The van der Waals surface area contributed by atoms with Gasteiger partial charge in [-0.25, -0.2) is 0 Å². The molecule has 10 nitrogen and oxygen atoms in total. The molecule has 0 aromatic heterocycles. The van der Waals surface area contributed by atoms with Crippen LogP contribution in [0.15, 0.2) is 11.1 Å². The van der Waals surface area contributed by atoms with Crippen molar-refractivity contribution in [3.63, 3.8) is 0 Å². The van der Waals surface area contributed by atoms with Crippen LogP contribution < -0.4 is 0 Å². The number of carboxylic acid groups (broad SMARTS) is 1. The number of allylic oxidation sites excluding steroid dienone is 1. The number of aliphatic hydroxyl groups excluding tert-OH is 1. The van der Waals surface area contributed by atoms with Gasteiger partial charge in [-0.1, -0.05) is 54.0 Å². The van der Waals surface area contributed by atoms with Gasteiger partial charge in [-0.2, -0.15) is 0 Å². The predicted octanol–water partition coefficient (Wildman–Crippen LogP) is 7.60. The van der Waals surface area contributed by atoms with Crippen molar-refractivity contribution >= 4 is 29.5 Å². The molecule has 2 N–H and O–H groups in total. The van der Waals surface area contributed by atoms with Crippen molar-refractivity contribution in [1.82, 2.24) is 9.80 Å². The molecule has 0 aromatic carbocycles. The minimum Gasteiger partial charge on any atom is -0.481 e. The van der Waals surface area contributed by atoms with E-state index in [1.807, 2.05) is 4.90 Å². The first-order valence-corrected chi connectivity index (χ1v) is 22.5. The summed E-state index contributed by atoms with van der Waals surface area (Å²) in [5.74, 6) is 0.0346. The number of carbonyl (C=O) groups is 5. The first-order valence-electron chi connectivity index (χ1n) is 22.5. The summed E-state index contributed by atoms with van der Waals surface area (Å²) >= 11 is 0. The smallest absolute Gasteiger partial charge is 0.309 e. The molecule has 9 atom stereocenters. The number of hydrogen-bond donors (Lipinski definition) is 2. The number of rotatable bonds is 12. The monoisotopic (exact) mass is 793 g/mol. The molecule has 7 rings (SSSR count). The van der Waals surface area contributed by atoms with Crippen LogP contribution in [0.4, 0.5) is 0 Å². The summed E-state index contributed by atoms with van der Waals surface area (Å²) in [6, 6.07) is 0. The number of esters is 1. The maximum Gasteiger partial charge on any atom is 0.309 e. The molecule has 1 heterocycles. The highest BCUT2D eigenvalue weighted by Gasteiger charge is 2.71. The molecule has 7 aliphatic rings. The molecule has 2 amide bonds. The van der Waals surface area contributed by atoms with Gasteiger partial charge in [-0.3, -0.25) is 24.0 Å². The number of ketones is 1. The molecular formula is C47H72N2O8. The topological polar surface area (TPSA) is 142 Å². The zero-order valence-electron chi connectivity index (χ0n) is 36.5. The van der Waals surface area contributed by atoms with E-state index in [2.05, 4.69) is 48.5 Å². The third kappa shape index (κ3) is 6.82. The predicted molar refractivity (Wildman–Crippen MR) is 216 cm³/mol. The molecule has 0 radical (unpaired) electrons. The lowest BCUT2D eigenvalue weighted by Crippen LogP contribution is -2.66. The van der Waals surface area contributed by atoms with E-state index in [-0.39, 0.29) is 76.7 Å². The minimum atomic E-state index is -1.18. The van der Waals surface area contributed by atoms with Crippen LogP contribution in [-0.2, 0) is 28.7 Å². The molecule has 1 saturated heterocycles. The maximum absolute atomic E-state index is 14.3. The molecule has 0 spiro atoms. The van der Waals surface area contributed by atoms with Crippen molar-refractivity contribution in [2.75, 3.05) is 26.2 Å². The summed E-state index contributed by atoms with van der Waals surface area (Å²) in [5, 5.41) is 22.2. The Morgan fingerprint density at radius 2 is 1.61 bits per heavy atom. The molecule has 1 aliphatic heterocycles. The highest BCUT2D eigenvalue weighted by atomic mass is 16.5. The number of aliphatic hydroxyl groups is 1. The minimum absolute atomic E-state index is 0.0135. The Kier molecular flexibility index (Phi) is 10.8. The standard InChI is InChI=1S/C47H72N2O8/c1-28(2)39-31(50)23-47(34(51)26-49(25-29-12-13-29)37(53)27-48-22-10-11-36(48)52)21-20-45(8)30(40(39)47)14-15-33-44(7)18-17-35(57-38(54)24-42(3,4)41(55)56)43(5,6)32(44)16-19-46(33,45)9/h28-30,32-35,51H,10-27H2,1-9H3,(H,55,56)/t30-,32+,33-,34+,35+,44+,45-,46-,47+/m1/s1. The van der Waals surface area contributed by atoms with Crippen molar-refractivity contribution in [3.8, 4) is 0 Å². The van der Waals surface area contributed by atoms with Gasteiger partial charge < -0.3 is 24.7 Å². The van der Waals surface area contributed by atoms with E-state index in [0.29, 0.717) is 50.1 Å². The van der Waals surface area contributed by atoms with Gasteiger partial charge in [0.25, 0.3) is 0 Å². The van der Waals surface area contributed by atoms with Crippen LogP contribution in [0.2, 0.25) is 0 Å².